The van der Waals surface area contributed by atoms with Crippen molar-refractivity contribution in [1.29, 1.82) is 0 Å². The van der Waals surface area contributed by atoms with Gasteiger partial charge in [-0.2, -0.15) is 0 Å². The molecule has 0 aliphatic carbocycles. The van der Waals surface area contributed by atoms with Gasteiger partial charge >= 0.3 is 5.97 Å². The van der Waals surface area contributed by atoms with E-state index in [1.807, 2.05) is 0 Å². The standard InChI is InChI=1S/C18H20ClNO5/c1-2-15-14(18(22)23)11-16(25-15)17(21)20-9-3-4-10-24-13-7-5-12(19)6-8-13/h5-8,11H,2-4,9-10H2,1H3,(H,20,21)(H,22,23). The molecule has 0 aliphatic rings. The number of amides is 1. The molecule has 2 aromatic rings. The van der Waals surface area contributed by atoms with Gasteiger partial charge in [-0.3, -0.25) is 4.79 Å². The van der Waals surface area contributed by atoms with Crippen LogP contribution in [0.25, 0.3) is 0 Å². The van der Waals surface area contributed by atoms with E-state index in [2.05, 4.69) is 5.32 Å². The Bertz CT molecular complexity index is 724. The largest absolute Gasteiger partial charge is 0.494 e. The summed E-state index contributed by atoms with van der Waals surface area (Å²) in [4.78, 5) is 23.1. The molecule has 0 saturated heterocycles. The molecule has 0 spiro atoms. The van der Waals surface area contributed by atoms with E-state index in [0.717, 1.165) is 18.6 Å². The zero-order chi connectivity index (χ0) is 18.2. The maximum Gasteiger partial charge on any atom is 0.339 e. The summed E-state index contributed by atoms with van der Waals surface area (Å²) in [5, 5.41) is 12.4. The maximum absolute atomic E-state index is 12.0. The zero-order valence-electron chi connectivity index (χ0n) is 13.9. The number of carboxylic acids is 1. The number of carboxylic acid groups (broad SMARTS) is 1. The average Bonchev–Trinajstić information content (AvgIpc) is 3.04. The molecule has 2 rings (SSSR count). The minimum absolute atomic E-state index is 0.0201. The molecule has 1 heterocycles. The summed E-state index contributed by atoms with van der Waals surface area (Å²) in [6.07, 6.45) is 1.91. The minimum Gasteiger partial charge on any atom is -0.494 e. The summed E-state index contributed by atoms with van der Waals surface area (Å²) in [5.74, 6) is -0.446. The van der Waals surface area contributed by atoms with E-state index >= 15 is 0 Å². The van der Waals surface area contributed by atoms with Crippen molar-refractivity contribution in [2.45, 2.75) is 26.2 Å². The van der Waals surface area contributed by atoms with Crippen LogP contribution in [0.2, 0.25) is 5.02 Å². The topological polar surface area (TPSA) is 88.8 Å². The Morgan fingerprint density at radius 1 is 1.24 bits per heavy atom. The second kappa shape index (κ2) is 9.13. The second-order valence-corrected chi connectivity index (χ2v) is 5.81. The summed E-state index contributed by atoms with van der Waals surface area (Å²) in [6, 6.07) is 8.38. The third-order valence-electron chi connectivity index (χ3n) is 3.52. The Morgan fingerprint density at radius 2 is 1.96 bits per heavy atom. The average molecular weight is 366 g/mol. The first-order chi connectivity index (χ1) is 12.0. The molecule has 1 amide bonds. The third kappa shape index (κ3) is 5.53. The van der Waals surface area contributed by atoms with Crippen LogP contribution in [-0.4, -0.2) is 30.1 Å². The van der Waals surface area contributed by atoms with Crippen molar-refractivity contribution in [3.63, 3.8) is 0 Å². The Morgan fingerprint density at radius 3 is 2.56 bits per heavy atom. The van der Waals surface area contributed by atoms with E-state index in [4.69, 9.17) is 25.9 Å². The number of nitrogens with one attached hydrogen (secondary N) is 1. The number of hydrogen-bond acceptors (Lipinski definition) is 4. The number of furan rings is 1. The number of unbranched alkanes of at least 4 members (excludes halogenated alkanes) is 1. The molecule has 0 aliphatic heterocycles. The van der Waals surface area contributed by atoms with Crippen LogP contribution in [0.5, 0.6) is 5.75 Å². The predicted molar refractivity (Wildman–Crippen MR) is 93.6 cm³/mol. The molecule has 0 saturated carbocycles. The SMILES string of the molecule is CCc1oc(C(=O)NCCCCOc2ccc(Cl)cc2)cc1C(=O)O. The summed E-state index contributed by atoms with van der Waals surface area (Å²) in [5.41, 5.74) is 0.0315. The number of hydrogen-bond donors (Lipinski definition) is 2. The predicted octanol–water partition coefficient (Wildman–Crippen LogP) is 3.78. The molecule has 0 atom stereocenters. The van der Waals surface area contributed by atoms with E-state index < -0.39 is 11.9 Å². The van der Waals surface area contributed by atoms with Crippen LogP contribution in [0, 0.1) is 0 Å². The van der Waals surface area contributed by atoms with Crippen LogP contribution >= 0.6 is 11.6 Å². The van der Waals surface area contributed by atoms with Crippen molar-refractivity contribution < 1.29 is 23.8 Å². The minimum atomic E-state index is -1.10. The quantitative estimate of drug-likeness (QED) is 0.660. The van der Waals surface area contributed by atoms with Crippen LogP contribution in [0.1, 0.15) is 46.4 Å². The van der Waals surface area contributed by atoms with E-state index in [0.29, 0.717) is 30.4 Å². The molecular weight excluding hydrogens is 346 g/mol. The fourth-order valence-electron chi connectivity index (χ4n) is 2.22. The number of rotatable bonds is 9. The first-order valence-corrected chi connectivity index (χ1v) is 8.41. The normalized spacial score (nSPS) is 10.5. The Kier molecular flexibility index (Phi) is 6.89. The van der Waals surface area contributed by atoms with E-state index in [-0.39, 0.29) is 11.3 Å². The van der Waals surface area contributed by atoms with Gasteiger partial charge in [0.25, 0.3) is 5.91 Å². The zero-order valence-corrected chi connectivity index (χ0v) is 14.6. The lowest BCUT2D eigenvalue weighted by Crippen LogP contribution is -2.24. The third-order valence-corrected chi connectivity index (χ3v) is 3.78. The highest BCUT2D eigenvalue weighted by molar-refractivity contribution is 6.30. The summed E-state index contributed by atoms with van der Waals surface area (Å²) in [7, 11) is 0. The van der Waals surface area contributed by atoms with Crippen LogP contribution < -0.4 is 10.1 Å². The first-order valence-electron chi connectivity index (χ1n) is 8.03. The van der Waals surface area contributed by atoms with Gasteiger partial charge in [-0.25, -0.2) is 4.79 Å². The van der Waals surface area contributed by atoms with Gasteiger partial charge < -0.3 is 19.6 Å². The molecule has 134 valence electrons. The molecule has 1 aromatic heterocycles. The molecule has 0 radical (unpaired) electrons. The monoisotopic (exact) mass is 365 g/mol. The number of benzene rings is 1. The lowest BCUT2D eigenvalue weighted by molar-refractivity contribution is 0.0694. The van der Waals surface area contributed by atoms with Gasteiger partial charge in [0.1, 0.15) is 17.1 Å². The van der Waals surface area contributed by atoms with Gasteiger partial charge in [0, 0.05) is 24.1 Å². The molecular formula is C18H20ClNO5. The number of ether oxygens (including phenoxy) is 1. The molecule has 0 unspecified atom stereocenters. The van der Waals surface area contributed by atoms with Crippen LogP contribution in [0.15, 0.2) is 34.7 Å². The molecule has 0 fully saturated rings. The summed E-state index contributed by atoms with van der Waals surface area (Å²) < 4.78 is 10.9. The highest BCUT2D eigenvalue weighted by Gasteiger charge is 2.19. The van der Waals surface area contributed by atoms with Crippen LogP contribution in [-0.2, 0) is 6.42 Å². The van der Waals surface area contributed by atoms with Gasteiger partial charge in [0.2, 0.25) is 0 Å². The van der Waals surface area contributed by atoms with Crippen LogP contribution in [0.3, 0.4) is 0 Å². The lowest BCUT2D eigenvalue weighted by Gasteiger charge is -2.06. The van der Waals surface area contributed by atoms with Gasteiger partial charge in [0.05, 0.1) is 6.61 Å². The van der Waals surface area contributed by atoms with Gasteiger partial charge in [-0.1, -0.05) is 18.5 Å². The molecule has 2 N–H and O–H groups in total. The highest BCUT2D eigenvalue weighted by atomic mass is 35.5. The van der Waals surface area contributed by atoms with Gasteiger partial charge in [0.15, 0.2) is 5.76 Å². The lowest BCUT2D eigenvalue weighted by atomic mass is 10.2. The second-order valence-electron chi connectivity index (χ2n) is 5.37. The molecule has 0 bridgehead atoms. The fourth-order valence-corrected chi connectivity index (χ4v) is 2.35. The van der Waals surface area contributed by atoms with Gasteiger partial charge in [-0.05, 0) is 37.1 Å². The van der Waals surface area contributed by atoms with E-state index in [1.54, 1.807) is 31.2 Å². The summed E-state index contributed by atoms with van der Waals surface area (Å²) in [6.45, 7) is 2.75. The number of aryl methyl sites for hydroxylation is 1. The number of halogens is 1. The first kappa shape index (κ1) is 18.9. The van der Waals surface area contributed by atoms with Crippen molar-refractivity contribution in [2.75, 3.05) is 13.2 Å². The van der Waals surface area contributed by atoms with Crippen LogP contribution in [0.4, 0.5) is 0 Å². The van der Waals surface area contributed by atoms with Crippen molar-refractivity contribution in [1.82, 2.24) is 5.32 Å². The molecule has 25 heavy (non-hydrogen) atoms. The number of carbonyl (C=O) groups is 2. The molecule has 6 nitrogen and oxygen atoms in total. The van der Waals surface area contributed by atoms with E-state index in [9.17, 15) is 9.59 Å². The number of carbonyl (C=O) groups excluding carboxylic acids is 1. The molecule has 7 heteroatoms. The maximum atomic E-state index is 12.0. The van der Waals surface area contributed by atoms with E-state index in [1.165, 1.54) is 6.07 Å². The van der Waals surface area contributed by atoms with Crippen molar-refractivity contribution in [3.05, 3.63) is 52.4 Å². The number of aromatic carboxylic acids is 1. The smallest absolute Gasteiger partial charge is 0.339 e. The van der Waals surface area contributed by atoms with Crippen molar-refractivity contribution in [2.24, 2.45) is 0 Å². The van der Waals surface area contributed by atoms with Gasteiger partial charge in [-0.15, -0.1) is 0 Å². The highest BCUT2D eigenvalue weighted by Crippen LogP contribution is 2.17. The summed E-state index contributed by atoms with van der Waals surface area (Å²) >= 11 is 5.80. The fraction of sp³-hybridized carbons (Fsp3) is 0.333. The Hall–Kier alpha value is -2.47. The Labute approximate surface area is 150 Å². The van der Waals surface area contributed by atoms with Crippen molar-refractivity contribution >= 4 is 23.5 Å². The van der Waals surface area contributed by atoms with Crippen molar-refractivity contribution in [3.8, 4) is 5.75 Å². The Balaban J connectivity index is 1.70. The molecule has 1 aromatic carbocycles.